The molecule has 3 aromatic rings. The first-order valence-corrected chi connectivity index (χ1v) is 9.73. The van der Waals surface area contributed by atoms with Crippen LogP contribution in [0.25, 0.3) is 0 Å². The summed E-state index contributed by atoms with van der Waals surface area (Å²) in [5.74, 6) is 2.02. The molecule has 1 amide bonds. The third kappa shape index (κ3) is 3.38. The van der Waals surface area contributed by atoms with Crippen LogP contribution in [0, 0.1) is 0 Å². The van der Waals surface area contributed by atoms with Gasteiger partial charge in [0.2, 0.25) is 12.9 Å². The Labute approximate surface area is 173 Å². The first-order valence-electron chi connectivity index (χ1n) is 9.35. The molecule has 2 aliphatic heterocycles. The van der Waals surface area contributed by atoms with E-state index in [4.69, 9.17) is 25.8 Å². The molecule has 0 radical (unpaired) electrons. The Bertz CT molecular complexity index is 1040. The van der Waals surface area contributed by atoms with Crippen LogP contribution >= 0.6 is 11.6 Å². The zero-order valence-electron chi connectivity index (χ0n) is 15.5. The average molecular weight is 408 g/mol. The number of halogens is 1. The van der Waals surface area contributed by atoms with Crippen molar-refractivity contribution in [3.63, 3.8) is 0 Å². The number of nitrogens with zero attached hydrogens (tertiary/aromatic N) is 1. The maximum absolute atomic E-state index is 13.0. The van der Waals surface area contributed by atoms with E-state index in [1.807, 2.05) is 77.7 Å². The fraction of sp³-hybridized carbons (Fsp3) is 0.174. The van der Waals surface area contributed by atoms with Crippen LogP contribution in [0.1, 0.15) is 17.2 Å². The Morgan fingerprint density at radius 1 is 0.966 bits per heavy atom. The number of amides is 1. The molecular formula is C23H18ClNO4. The minimum absolute atomic E-state index is 0.0496. The molecule has 0 aliphatic carbocycles. The van der Waals surface area contributed by atoms with Crippen LogP contribution in [0.3, 0.4) is 0 Å². The van der Waals surface area contributed by atoms with Gasteiger partial charge in [0.05, 0.1) is 0 Å². The predicted molar refractivity (Wildman–Crippen MR) is 108 cm³/mol. The van der Waals surface area contributed by atoms with Gasteiger partial charge in [0, 0.05) is 11.6 Å². The van der Waals surface area contributed by atoms with Gasteiger partial charge in [0.25, 0.3) is 5.91 Å². The number of benzene rings is 3. The van der Waals surface area contributed by atoms with E-state index in [1.54, 1.807) is 0 Å². The lowest BCUT2D eigenvalue weighted by molar-refractivity contribution is -0.165. The van der Waals surface area contributed by atoms with E-state index in [9.17, 15) is 4.79 Å². The maximum atomic E-state index is 13.0. The van der Waals surface area contributed by atoms with Gasteiger partial charge < -0.3 is 19.1 Å². The second kappa shape index (κ2) is 7.33. The molecule has 2 unspecified atom stereocenters. The van der Waals surface area contributed by atoms with Crippen LogP contribution < -0.4 is 14.2 Å². The number of rotatable bonds is 5. The summed E-state index contributed by atoms with van der Waals surface area (Å²) in [7, 11) is 0. The van der Waals surface area contributed by atoms with Crippen LogP contribution in [-0.4, -0.2) is 23.7 Å². The summed E-state index contributed by atoms with van der Waals surface area (Å²) >= 11 is 5.99. The Morgan fingerprint density at radius 3 is 2.52 bits per heavy atom. The van der Waals surface area contributed by atoms with Crippen molar-refractivity contribution in [1.29, 1.82) is 0 Å². The molecular weight excluding hydrogens is 390 g/mol. The topological polar surface area (TPSA) is 48.0 Å². The summed E-state index contributed by atoms with van der Waals surface area (Å²) in [4.78, 5) is 14.8. The first-order chi connectivity index (χ1) is 14.2. The molecule has 29 heavy (non-hydrogen) atoms. The number of fused-ring (bicyclic) bond motifs is 1. The third-order valence-corrected chi connectivity index (χ3v) is 5.41. The molecule has 5 nitrogen and oxygen atoms in total. The predicted octanol–water partition coefficient (Wildman–Crippen LogP) is 4.60. The summed E-state index contributed by atoms with van der Waals surface area (Å²) in [6.07, 6.45) is -0.593. The molecule has 6 heteroatoms. The van der Waals surface area contributed by atoms with E-state index < -0.39 is 6.10 Å². The highest BCUT2D eigenvalue weighted by molar-refractivity contribution is 6.30. The van der Waals surface area contributed by atoms with Gasteiger partial charge in [-0.25, -0.2) is 0 Å². The quantitative estimate of drug-likeness (QED) is 0.580. The van der Waals surface area contributed by atoms with Crippen LogP contribution in [0.4, 0.5) is 0 Å². The lowest BCUT2D eigenvalue weighted by Crippen LogP contribution is -2.60. The van der Waals surface area contributed by atoms with E-state index in [2.05, 4.69) is 0 Å². The van der Waals surface area contributed by atoms with Gasteiger partial charge in [0.1, 0.15) is 11.8 Å². The lowest BCUT2D eigenvalue weighted by Gasteiger charge is -2.46. The van der Waals surface area contributed by atoms with E-state index in [0.717, 1.165) is 11.1 Å². The zero-order valence-corrected chi connectivity index (χ0v) is 16.2. The minimum Gasteiger partial charge on any atom is -0.478 e. The van der Waals surface area contributed by atoms with Gasteiger partial charge in [-0.05, 0) is 47.5 Å². The van der Waals surface area contributed by atoms with Crippen molar-refractivity contribution in [1.82, 2.24) is 4.90 Å². The summed E-state index contributed by atoms with van der Waals surface area (Å²) in [5, 5.41) is 0.668. The molecule has 0 N–H and O–H groups in total. The molecule has 5 rings (SSSR count). The molecule has 2 aliphatic rings. The second-order valence-corrected chi connectivity index (χ2v) is 7.44. The number of carbonyl (C=O) groups is 1. The van der Waals surface area contributed by atoms with Crippen molar-refractivity contribution in [3.8, 4) is 17.2 Å². The molecule has 2 heterocycles. The normalized spacial score (nSPS) is 19.8. The van der Waals surface area contributed by atoms with Gasteiger partial charge in [-0.15, -0.1) is 0 Å². The number of β-lactam (4-membered cyclic amide) rings is 1. The third-order valence-electron chi connectivity index (χ3n) is 5.16. The number of hydrogen-bond acceptors (Lipinski definition) is 4. The van der Waals surface area contributed by atoms with Crippen molar-refractivity contribution >= 4 is 17.5 Å². The fourth-order valence-corrected chi connectivity index (χ4v) is 3.82. The Balaban J connectivity index is 1.45. The first kappa shape index (κ1) is 17.9. The van der Waals surface area contributed by atoms with Crippen molar-refractivity contribution in [2.24, 2.45) is 0 Å². The largest absolute Gasteiger partial charge is 0.478 e. The molecule has 0 aromatic heterocycles. The van der Waals surface area contributed by atoms with Crippen molar-refractivity contribution < 1.29 is 19.0 Å². The molecule has 146 valence electrons. The average Bonchev–Trinajstić information content (AvgIpc) is 3.22. The van der Waals surface area contributed by atoms with E-state index >= 15 is 0 Å². The standard InChI is InChI=1S/C23H18ClNO4/c24-17-9-6-15(7-10-17)13-25-21(16-8-11-19-20(12-16)28-14-27-19)22(23(25)26)29-18-4-2-1-3-5-18/h1-12,21-22H,13-14H2. The smallest absolute Gasteiger partial charge is 0.267 e. The van der Waals surface area contributed by atoms with E-state index in [1.165, 1.54) is 0 Å². The van der Waals surface area contributed by atoms with Gasteiger partial charge in [-0.3, -0.25) is 4.79 Å². The van der Waals surface area contributed by atoms with E-state index in [0.29, 0.717) is 28.8 Å². The van der Waals surface area contributed by atoms with Crippen LogP contribution in [-0.2, 0) is 11.3 Å². The summed E-state index contributed by atoms with van der Waals surface area (Å²) in [6, 6.07) is 22.4. The highest BCUT2D eigenvalue weighted by atomic mass is 35.5. The maximum Gasteiger partial charge on any atom is 0.267 e. The lowest BCUT2D eigenvalue weighted by atomic mass is 9.89. The van der Waals surface area contributed by atoms with Crippen LogP contribution in [0.2, 0.25) is 5.02 Å². The van der Waals surface area contributed by atoms with Crippen molar-refractivity contribution in [2.45, 2.75) is 18.7 Å². The number of likely N-dealkylation sites (tertiary alicyclic amines) is 1. The zero-order chi connectivity index (χ0) is 19.8. The molecule has 0 bridgehead atoms. The second-order valence-electron chi connectivity index (χ2n) is 7.00. The number of para-hydroxylation sites is 1. The summed E-state index contributed by atoms with van der Waals surface area (Å²) in [6.45, 7) is 0.685. The van der Waals surface area contributed by atoms with Gasteiger partial charge in [-0.2, -0.15) is 0 Å². The number of hydrogen-bond donors (Lipinski definition) is 0. The minimum atomic E-state index is -0.593. The molecule has 3 aromatic carbocycles. The Hall–Kier alpha value is -3.18. The summed E-state index contributed by atoms with van der Waals surface area (Å²) in [5.41, 5.74) is 1.95. The Morgan fingerprint density at radius 2 is 1.72 bits per heavy atom. The van der Waals surface area contributed by atoms with Gasteiger partial charge in [0.15, 0.2) is 11.5 Å². The van der Waals surface area contributed by atoms with E-state index in [-0.39, 0.29) is 18.7 Å². The molecule has 1 saturated heterocycles. The SMILES string of the molecule is O=C1C(Oc2ccccc2)C(c2ccc3c(c2)OCO3)N1Cc1ccc(Cl)cc1. The van der Waals surface area contributed by atoms with Gasteiger partial charge in [-0.1, -0.05) is 48.0 Å². The molecule has 1 fully saturated rings. The molecule has 0 saturated carbocycles. The van der Waals surface area contributed by atoms with Crippen molar-refractivity contribution in [3.05, 3.63) is 88.9 Å². The number of carbonyl (C=O) groups excluding carboxylic acids is 1. The molecule has 2 atom stereocenters. The summed E-state index contributed by atoms with van der Waals surface area (Å²) < 4.78 is 17.0. The number of ether oxygens (including phenoxy) is 3. The fourth-order valence-electron chi connectivity index (χ4n) is 3.69. The monoisotopic (exact) mass is 407 g/mol. The Kier molecular flexibility index (Phi) is 4.52. The molecule has 0 spiro atoms. The highest BCUT2D eigenvalue weighted by Gasteiger charge is 2.50. The van der Waals surface area contributed by atoms with Crippen LogP contribution in [0.15, 0.2) is 72.8 Å². The van der Waals surface area contributed by atoms with Crippen LogP contribution in [0.5, 0.6) is 17.2 Å². The highest BCUT2D eigenvalue weighted by Crippen LogP contribution is 2.42. The van der Waals surface area contributed by atoms with Crippen molar-refractivity contribution in [2.75, 3.05) is 6.79 Å². The van der Waals surface area contributed by atoms with Gasteiger partial charge >= 0.3 is 0 Å².